The minimum Gasteiger partial charge on any atom is -0.327 e. The number of anilines is 1. The molecule has 0 saturated carbocycles. The Morgan fingerprint density at radius 3 is 2.60 bits per heavy atom. The summed E-state index contributed by atoms with van der Waals surface area (Å²) in [4.78, 5) is 14.1. The molecule has 2 N–H and O–H groups in total. The fourth-order valence-electron chi connectivity index (χ4n) is 2.63. The zero-order valence-electron chi connectivity index (χ0n) is 13.0. The molecule has 1 amide bonds. The van der Waals surface area contributed by atoms with E-state index in [0.717, 1.165) is 25.1 Å². The van der Waals surface area contributed by atoms with Crippen LogP contribution in [0.25, 0.3) is 0 Å². The van der Waals surface area contributed by atoms with E-state index in [1.807, 2.05) is 18.7 Å². The summed E-state index contributed by atoms with van der Waals surface area (Å²) in [6.45, 7) is 9.03. The molecule has 0 aliphatic carbocycles. The van der Waals surface area contributed by atoms with Gasteiger partial charge in [-0.05, 0) is 36.0 Å². The second kappa shape index (κ2) is 5.96. The Morgan fingerprint density at radius 1 is 1.30 bits per heavy atom. The van der Waals surface area contributed by atoms with Crippen molar-refractivity contribution in [3.8, 4) is 0 Å². The molecule has 3 heteroatoms. The highest BCUT2D eigenvalue weighted by atomic mass is 16.2. The molecule has 1 aromatic carbocycles. The van der Waals surface area contributed by atoms with Gasteiger partial charge in [0, 0.05) is 24.2 Å². The molecule has 1 unspecified atom stereocenters. The summed E-state index contributed by atoms with van der Waals surface area (Å²) < 4.78 is 0. The average molecular weight is 274 g/mol. The molecule has 1 aliphatic rings. The van der Waals surface area contributed by atoms with E-state index in [0.29, 0.717) is 5.92 Å². The first-order chi connectivity index (χ1) is 9.40. The normalized spacial score (nSPS) is 15.8. The maximum atomic E-state index is 12.2. The molecule has 0 bridgehead atoms. The maximum absolute atomic E-state index is 12.2. The highest BCUT2D eigenvalue weighted by Gasteiger charge is 2.26. The van der Waals surface area contributed by atoms with Gasteiger partial charge in [0.2, 0.25) is 5.91 Å². The van der Waals surface area contributed by atoms with Gasteiger partial charge in [-0.3, -0.25) is 4.79 Å². The van der Waals surface area contributed by atoms with Gasteiger partial charge in [-0.2, -0.15) is 0 Å². The van der Waals surface area contributed by atoms with Gasteiger partial charge >= 0.3 is 0 Å². The number of amides is 1. The number of benzene rings is 1. The van der Waals surface area contributed by atoms with E-state index in [2.05, 4.69) is 32.0 Å². The van der Waals surface area contributed by atoms with Crippen molar-refractivity contribution in [3.05, 3.63) is 29.3 Å². The van der Waals surface area contributed by atoms with Crippen LogP contribution in [0.4, 0.5) is 5.69 Å². The lowest BCUT2D eigenvalue weighted by atomic mass is 9.96. The van der Waals surface area contributed by atoms with Crippen LogP contribution in [0.1, 0.15) is 38.8 Å². The second-order valence-electron chi connectivity index (χ2n) is 6.47. The van der Waals surface area contributed by atoms with Gasteiger partial charge in [0.15, 0.2) is 0 Å². The molecule has 2 rings (SSSR count). The lowest BCUT2D eigenvalue weighted by Crippen LogP contribution is -2.32. The Morgan fingerprint density at radius 2 is 2.00 bits per heavy atom. The van der Waals surface area contributed by atoms with E-state index in [1.165, 1.54) is 11.1 Å². The highest BCUT2D eigenvalue weighted by Crippen LogP contribution is 2.30. The van der Waals surface area contributed by atoms with Gasteiger partial charge in [-0.1, -0.05) is 39.8 Å². The number of nitrogens with two attached hydrogens (primary N) is 1. The fourth-order valence-corrected chi connectivity index (χ4v) is 2.63. The number of rotatable bonds is 4. The van der Waals surface area contributed by atoms with Crippen molar-refractivity contribution in [1.82, 2.24) is 0 Å². The molecule has 110 valence electrons. The smallest absolute Gasteiger partial charge is 0.229 e. The quantitative estimate of drug-likeness (QED) is 0.917. The Hall–Kier alpha value is -1.35. The lowest BCUT2D eigenvalue weighted by Gasteiger charge is -2.20. The van der Waals surface area contributed by atoms with Gasteiger partial charge in [-0.25, -0.2) is 0 Å². The van der Waals surface area contributed by atoms with Crippen LogP contribution in [0.5, 0.6) is 0 Å². The Bertz CT molecular complexity index is 494. The molecule has 1 aromatic rings. The molecule has 1 aliphatic heterocycles. The van der Waals surface area contributed by atoms with Crippen LogP contribution in [-0.2, 0) is 17.6 Å². The van der Waals surface area contributed by atoms with Crippen LogP contribution >= 0.6 is 0 Å². The van der Waals surface area contributed by atoms with Crippen LogP contribution < -0.4 is 10.6 Å². The standard InChI is InChI=1S/C17H26N2O/c1-11(2)15(18)10-13-5-6-16-14(9-13)7-8-19(16)17(20)12(3)4/h5-6,9,11-12,15H,7-8,10,18H2,1-4H3. The van der Waals surface area contributed by atoms with Crippen molar-refractivity contribution >= 4 is 11.6 Å². The van der Waals surface area contributed by atoms with Crippen molar-refractivity contribution in [3.63, 3.8) is 0 Å². The summed E-state index contributed by atoms with van der Waals surface area (Å²) >= 11 is 0. The second-order valence-corrected chi connectivity index (χ2v) is 6.47. The molecule has 0 spiro atoms. The van der Waals surface area contributed by atoms with Crippen molar-refractivity contribution < 1.29 is 4.79 Å². The van der Waals surface area contributed by atoms with Gasteiger partial charge in [-0.15, -0.1) is 0 Å². The zero-order chi connectivity index (χ0) is 14.9. The van der Waals surface area contributed by atoms with E-state index in [-0.39, 0.29) is 17.9 Å². The number of nitrogens with zero attached hydrogens (tertiary/aromatic N) is 1. The van der Waals surface area contributed by atoms with Gasteiger partial charge < -0.3 is 10.6 Å². The van der Waals surface area contributed by atoms with E-state index < -0.39 is 0 Å². The molecule has 1 heterocycles. The van der Waals surface area contributed by atoms with Crippen LogP contribution in [0, 0.1) is 11.8 Å². The predicted octanol–water partition coefficient (Wildman–Crippen LogP) is 2.76. The first-order valence-corrected chi connectivity index (χ1v) is 7.59. The number of fused-ring (bicyclic) bond motifs is 1. The van der Waals surface area contributed by atoms with Gasteiger partial charge in [0.05, 0.1) is 0 Å². The molecule has 20 heavy (non-hydrogen) atoms. The zero-order valence-corrected chi connectivity index (χ0v) is 13.0. The molecule has 0 radical (unpaired) electrons. The van der Waals surface area contributed by atoms with E-state index in [4.69, 9.17) is 5.73 Å². The van der Waals surface area contributed by atoms with E-state index in [1.54, 1.807) is 0 Å². The Balaban J connectivity index is 2.16. The van der Waals surface area contributed by atoms with E-state index in [9.17, 15) is 4.79 Å². The lowest BCUT2D eigenvalue weighted by molar-refractivity contribution is -0.121. The van der Waals surface area contributed by atoms with Crippen LogP contribution in [-0.4, -0.2) is 18.5 Å². The van der Waals surface area contributed by atoms with Crippen molar-refractivity contribution in [2.75, 3.05) is 11.4 Å². The number of carbonyl (C=O) groups excluding carboxylic acids is 1. The average Bonchev–Trinajstić information content (AvgIpc) is 2.80. The van der Waals surface area contributed by atoms with Crippen molar-refractivity contribution in [1.29, 1.82) is 0 Å². The third kappa shape index (κ3) is 3.04. The molecular weight excluding hydrogens is 248 g/mol. The summed E-state index contributed by atoms with van der Waals surface area (Å²) in [6, 6.07) is 6.63. The largest absolute Gasteiger partial charge is 0.327 e. The fraction of sp³-hybridized carbons (Fsp3) is 0.588. The number of carbonyl (C=O) groups is 1. The van der Waals surface area contributed by atoms with Crippen LogP contribution in [0.3, 0.4) is 0 Å². The Labute approximate surface area is 122 Å². The van der Waals surface area contributed by atoms with Crippen LogP contribution in [0.2, 0.25) is 0 Å². The summed E-state index contributed by atoms with van der Waals surface area (Å²) in [7, 11) is 0. The van der Waals surface area contributed by atoms with Gasteiger partial charge in [0.25, 0.3) is 0 Å². The monoisotopic (exact) mass is 274 g/mol. The molecular formula is C17H26N2O. The minimum atomic E-state index is 0.0509. The third-order valence-corrected chi connectivity index (χ3v) is 4.13. The molecule has 0 saturated heterocycles. The summed E-state index contributed by atoms with van der Waals surface area (Å²) in [6.07, 6.45) is 1.86. The highest BCUT2D eigenvalue weighted by molar-refractivity contribution is 5.96. The molecule has 0 fully saturated rings. The number of hydrogen-bond donors (Lipinski definition) is 1. The molecule has 1 atom stereocenters. The number of hydrogen-bond acceptors (Lipinski definition) is 2. The summed E-state index contributed by atoms with van der Waals surface area (Å²) in [5.74, 6) is 0.757. The molecule has 0 aromatic heterocycles. The van der Waals surface area contributed by atoms with Crippen molar-refractivity contribution in [2.45, 2.75) is 46.6 Å². The summed E-state index contributed by atoms with van der Waals surface area (Å²) in [5, 5.41) is 0. The summed E-state index contributed by atoms with van der Waals surface area (Å²) in [5.41, 5.74) is 9.80. The van der Waals surface area contributed by atoms with Gasteiger partial charge in [0.1, 0.15) is 0 Å². The third-order valence-electron chi connectivity index (χ3n) is 4.13. The maximum Gasteiger partial charge on any atom is 0.229 e. The molecule has 3 nitrogen and oxygen atoms in total. The Kier molecular flexibility index (Phi) is 4.48. The van der Waals surface area contributed by atoms with E-state index >= 15 is 0 Å². The van der Waals surface area contributed by atoms with Crippen molar-refractivity contribution in [2.24, 2.45) is 17.6 Å². The van der Waals surface area contributed by atoms with Crippen LogP contribution in [0.15, 0.2) is 18.2 Å². The first kappa shape index (κ1) is 15.0. The SMILES string of the molecule is CC(C)C(=O)N1CCc2cc(CC(N)C(C)C)ccc21. The first-order valence-electron chi connectivity index (χ1n) is 7.59. The minimum absolute atomic E-state index is 0.0509. The topological polar surface area (TPSA) is 46.3 Å². The predicted molar refractivity (Wildman–Crippen MR) is 83.9 cm³/mol.